The molecule has 2 aliphatic rings. The molecule has 1 fully saturated rings. The lowest BCUT2D eigenvalue weighted by Crippen LogP contribution is -2.53. The van der Waals surface area contributed by atoms with Gasteiger partial charge in [0.1, 0.15) is 0 Å². The Morgan fingerprint density at radius 2 is 1.86 bits per heavy atom. The van der Waals surface area contributed by atoms with E-state index in [-0.39, 0.29) is 16.6 Å². The highest BCUT2D eigenvalue weighted by Crippen LogP contribution is 2.36. The number of pyridine rings is 2. The third-order valence-corrected chi connectivity index (χ3v) is 7.59. The van der Waals surface area contributed by atoms with Crippen molar-refractivity contribution in [1.29, 1.82) is 0 Å². The molecule has 0 radical (unpaired) electrons. The van der Waals surface area contributed by atoms with Crippen LogP contribution in [0.3, 0.4) is 0 Å². The summed E-state index contributed by atoms with van der Waals surface area (Å²) in [6.07, 6.45) is 10.1. The molecule has 1 aliphatic heterocycles. The molecule has 1 aliphatic carbocycles. The number of hydrogen-bond donors (Lipinski definition) is 3. The predicted molar refractivity (Wildman–Crippen MR) is 146 cm³/mol. The van der Waals surface area contributed by atoms with E-state index < -0.39 is 0 Å². The molecule has 192 valence electrons. The zero-order chi connectivity index (χ0) is 25.7. The zero-order valence-electron chi connectivity index (χ0n) is 22.6. The van der Waals surface area contributed by atoms with Crippen molar-refractivity contribution in [2.75, 3.05) is 0 Å². The Balaban J connectivity index is 1.52. The van der Waals surface area contributed by atoms with Crippen LogP contribution < -0.4 is 16.2 Å². The second-order valence-corrected chi connectivity index (χ2v) is 12.1. The van der Waals surface area contributed by atoms with E-state index in [1.165, 1.54) is 36.8 Å². The summed E-state index contributed by atoms with van der Waals surface area (Å²) < 4.78 is 2.17. The molecule has 0 atom stereocenters. The minimum Gasteiger partial charge on any atom is -0.326 e. The third kappa shape index (κ3) is 5.04. The summed E-state index contributed by atoms with van der Waals surface area (Å²) in [6, 6.07) is 4.68. The largest absolute Gasteiger partial charge is 0.326 e. The monoisotopic (exact) mass is 488 g/mol. The molecule has 4 heterocycles. The standard InChI is InChI=1S/C29H40N6O/c1-18-11-19(2)32-27(36)23(18)16-30-15-20-12-25(21-13-28(3,4)34-29(5,6)14-21)33-26-24(20)17-31-35(26)22-9-7-8-10-22/h11-13,17,22,30,34H,7-10,14-16H2,1-6H3,(H,32,36). The van der Waals surface area contributed by atoms with Gasteiger partial charge in [-0.2, -0.15) is 5.10 Å². The van der Waals surface area contributed by atoms with Gasteiger partial charge in [0.2, 0.25) is 0 Å². The summed E-state index contributed by atoms with van der Waals surface area (Å²) in [5.74, 6) is 0. The molecule has 7 nitrogen and oxygen atoms in total. The SMILES string of the molecule is Cc1cc(C)c(CNCc2cc(C3=CC(C)(C)NC(C)(C)C3)nc3c2cnn3C2CCCC2)c(=O)[nH]1. The van der Waals surface area contributed by atoms with Crippen molar-refractivity contribution in [3.63, 3.8) is 0 Å². The van der Waals surface area contributed by atoms with E-state index in [2.05, 4.69) is 60.1 Å². The third-order valence-electron chi connectivity index (χ3n) is 7.59. The Hall–Kier alpha value is -2.77. The van der Waals surface area contributed by atoms with Gasteiger partial charge in [0, 0.05) is 40.8 Å². The molecule has 0 bridgehead atoms. The average molecular weight is 489 g/mol. The second kappa shape index (κ2) is 9.27. The molecule has 0 amide bonds. The van der Waals surface area contributed by atoms with Gasteiger partial charge in [-0.3, -0.25) is 4.79 Å². The van der Waals surface area contributed by atoms with Crippen molar-refractivity contribution in [2.45, 2.75) is 104 Å². The fraction of sp³-hybridized carbons (Fsp3) is 0.552. The number of aromatic nitrogens is 4. The summed E-state index contributed by atoms with van der Waals surface area (Å²) in [6.45, 7) is 14.0. The number of aryl methyl sites for hydroxylation is 2. The van der Waals surface area contributed by atoms with Gasteiger partial charge in [-0.25, -0.2) is 9.67 Å². The highest BCUT2D eigenvalue weighted by Gasteiger charge is 2.33. The first-order valence-electron chi connectivity index (χ1n) is 13.3. The van der Waals surface area contributed by atoms with Gasteiger partial charge < -0.3 is 15.6 Å². The van der Waals surface area contributed by atoms with Gasteiger partial charge in [0.05, 0.1) is 17.9 Å². The lowest BCUT2D eigenvalue weighted by atomic mass is 9.82. The first-order chi connectivity index (χ1) is 17.0. The molecule has 7 heteroatoms. The molecule has 3 aromatic heterocycles. The smallest absolute Gasteiger partial charge is 0.252 e. The van der Waals surface area contributed by atoms with E-state index in [0.29, 0.717) is 19.1 Å². The Bertz CT molecular complexity index is 1370. The van der Waals surface area contributed by atoms with E-state index in [1.807, 2.05) is 26.1 Å². The summed E-state index contributed by atoms with van der Waals surface area (Å²) in [5.41, 5.74) is 7.02. The number of aromatic amines is 1. The van der Waals surface area contributed by atoms with Crippen molar-refractivity contribution in [3.8, 4) is 0 Å². The maximum atomic E-state index is 12.5. The summed E-state index contributed by atoms with van der Waals surface area (Å²) in [5, 5.41) is 13.2. The maximum absolute atomic E-state index is 12.5. The normalized spacial score (nSPS) is 19.7. The molecule has 1 saturated carbocycles. The molecule has 0 aromatic carbocycles. The highest BCUT2D eigenvalue weighted by atomic mass is 16.1. The summed E-state index contributed by atoms with van der Waals surface area (Å²) in [4.78, 5) is 20.7. The Labute approximate surface area is 213 Å². The van der Waals surface area contributed by atoms with Gasteiger partial charge in [-0.05, 0) is 89.6 Å². The minimum absolute atomic E-state index is 0.0149. The van der Waals surface area contributed by atoms with E-state index in [9.17, 15) is 4.79 Å². The highest BCUT2D eigenvalue weighted by molar-refractivity contribution is 5.82. The van der Waals surface area contributed by atoms with Crippen LogP contribution in [0.25, 0.3) is 16.6 Å². The Kier molecular flexibility index (Phi) is 6.41. The summed E-state index contributed by atoms with van der Waals surface area (Å²) in [7, 11) is 0. The fourth-order valence-electron chi connectivity index (χ4n) is 6.31. The predicted octanol–water partition coefficient (Wildman–Crippen LogP) is 5.08. The van der Waals surface area contributed by atoms with Crippen molar-refractivity contribution in [2.24, 2.45) is 0 Å². The molecule has 3 aromatic rings. The molecule has 5 rings (SSSR count). The summed E-state index contributed by atoms with van der Waals surface area (Å²) >= 11 is 0. The van der Waals surface area contributed by atoms with Crippen LogP contribution in [0.1, 0.15) is 93.9 Å². The van der Waals surface area contributed by atoms with Gasteiger partial charge in [-0.1, -0.05) is 18.9 Å². The molecular weight excluding hydrogens is 448 g/mol. The number of rotatable bonds is 6. The van der Waals surface area contributed by atoms with Crippen LogP contribution in [0, 0.1) is 13.8 Å². The maximum Gasteiger partial charge on any atom is 0.252 e. The lowest BCUT2D eigenvalue weighted by molar-refractivity contribution is 0.297. The van der Waals surface area contributed by atoms with E-state index >= 15 is 0 Å². The number of hydrogen-bond acceptors (Lipinski definition) is 5. The van der Waals surface area contributed by atoms with Crippen LogP contribution in [-0.2, 0) is 13.1 Å². The van der Waals surface area contributed by atoms with Crippen LogP contribution in [-0.4, -0.2) is 30.8 Å². The second-order valence-electron chi connectivity index (χ2n) is 12.1. The average Bonchev–Trinajstić information content (AvgIpc) is 3.42. The van der Waals surface area contributed by atoms with Crippen molar-refractivity contribution < 1.29 is 0 Å². The number of nitrogens with one attached hydrogen (secondary N) is 3. The van der Waals surface area contributed by atoms with E-state index in [1.54, 1.807) is 0 Å². The van der Waals surface area contributed by atoms with Crippen LogP contribution in [0.4, 0.5) is 0 Å². The molecule has 0 unspecified atom stereocenters. The molecule has 0 spiro atoms. The van der Waals surface area contributed by atoms with Crippen molar-refractivity contribution >= 4 is 16.6 Å². The van der Waals surface area contributed by atoms with Crippen molar-refractivity contribution in [3.05, 3.63) is 62.8 Å². The topological polar surface area (TPSA) is 87.6 Å². The molecular formula is C29H40N6O. The van der Waals surface area contributed by atoms with Crippen LogP contribution >= 0.6 is 0 Å². The minimum atomic E-state index is -0.109. The van der Waals surface area contributed by atoms with Crippen LogP contribution in [0.2, 0.25) is 0 Å². The van der Waals surface area contributed by atoms with E-state index in [0.717, 1.165) is 40.0 Å². The first-order valence-corrected chi connectivity index (χ1v) is 13.3. The van der Waals surface area contributed by atoms with E-state index in [4.69, 9.17) is 10.1 Å². The Morgan fingerprint density at radius 1 is 1.11 bits per heavy atom. The van der Waals surface area contributed by atoms with Crippen LogP contribution in [0.15, 0.2) is 29.2 Å². The van der Waals surface area contributed by atoms with Gasteiger partial charge in [-0.15, -0.1) is 0 Å². The lowest BCUT2D eigenvalue weighted by Gasteiger charge is -2.41. The first kappa shape index (κ1) is 24.9. The molecule has 0 saturated heterocycles. The van der Waals surface area contributed by atoms with Crippen molar-refractivity contribution in [1.82, 2.24) is 30.4 Å². The number of nitrogens with zero attached hydrogens (tertiary/aromatic N) is 3. The van der Waals surface area contributed by atoms with Gasteiger partial charge >= 0.3 is 0 Å². The Morgan fingerprint density at radius 3 is 2.56 bits per heavy atom. The molecule has 3 N–H and O–H groups in total. The fourth-order valence-corrected chi connectivity index (χ4v) is 6.31. The molecule has 36 heavy (non-hydrogen) atoms. The van der Waals surface area contributed by atoms with Gasteiger partial charge in [0.25, 0.3) is 5.56 Å². The number of fused-ring (bicyclic) bond motifs is 1. The zero-order valence-corrected chi connectivity index (χ0v) is 22.6. The van der Waals surface area contributed by atoms with Crippen LogP contribution in [0.5, 0.6) is 0 Å². The number of H-pyrrole nitrogens is 1. The van der Waals surface area contributed by atoms with Gasteiger partial charge in [0.15, 0.2) is 5.65 Å². The quantitative estimate of drug-likeness (QED) is 0.451.